The Balaban J connectivity index is 1.77. The average molecular weight is 466 g/mol. The van der Waals surface area contributed by atoms with Gasteiger partial charge in [-0.1, -0.05) is 47.2 Å². The maximum atomic E-state index is 13.5. The molecule has 1 aliphatic carbocycles. The minimum Gasteiger partial charge on any atom is -0.294 e. The lowest BCUT2D eigenvalue weighted by atomic mass is 9.86. The summed E-state index contributed by atoms with van der Waals surface area (Å²) in [6.07, 6.45) is 3.33. The summed E-state index contributed by atoms with van der Waals surface area (Å²) >= 11 is 7.23. The van der Waals surface area contributed by atoms with Crippen LogP contribution in [-0.2, 0) is 4.79 Å². The number of carbonyl (C=O) groups is 1. The normalized spacial score (nSPS) is 18.2. The second kappa shape index (κ2) is 7.96. The summed E-state index contributed by atoms with van der Waals surface area (Å²) in [5, 5.41) is 12.0. The van der Waals surface area contributed by atoms with E-state index in [4.69, 9.17) is 11.6 Å². The monoisotopic (exact) mass is 465 g/mol. The second-order valence-corrected chi connectivity index (χ2v) is 9.03. The zero-order valence-electron chi connectivity index (χ0n) is 16.7. The molecule has 9 heteroatoms. The predicted molar refractivity (Wildman–Crippen MR) is 121 cm³/mol. The predicted octanol–water partition coefficient (Wildman–Crippen LogP) is 3.53. The minimum atomic E-state index is -0.598. The molecule has 0 bridgehead atoms. The molecule has 0 saturated heterocycles. The average Bonchev–Trinajstić information content (AvgIpc) is 3.08. The van der Waals surface area contributed by atoms with Gasteiger partial charge in [-0.25, -0.2) is 4.99 Å². The molecule has 7 nitrogen and oxygen atoms in total. The van der Waals surface area contributed by atoms with E-state index in [1.54, 1.807) is 30.3 Å². The number of fused-ring (bicyclic) bond motifs is 1. The molecule has 1 aromatic heterocycles. The number of benzene rings is 2. The summed E-state index contributed by atoms with van der Waals surface area (Å²) in [7, 11) is 0. The Labute approximate surface area is 190 Å². The van der Waals surface area contributed by atoms with E-state index >= 15 is 0 Å². The molecule has 1 aliphatic heterocycles. The summed E-state index contributed by atoms with van der Waals surface area (Å²) in [6.45, 7) is 0. The lowest BCUT2D eigenvalue weighted by molar-refractivity contribution is -0.385. The van der Waals surface area contributed by atoms with E-state index in [0.717, 1.165) is 12.0 Å². The van der Waals surface area contributed by atoms with Crippen molar-refractivity contribution in [3.63, 3.8) is 0 Å². The van der Waals surface area contributed by atoms with Crippen LogP contribution in [0.25, 0.3) is 6.08 Å². The molecular formula is C23H16ClN3O4S. The molecule has 3 aromatic rings. The molecule has 2 aromatic carbocycles. The van der Waals surface area contributed by atoms with Crippen molar-refractivity contribution in [2.75, 3.05) is 0 Å². The van der Waals surface area contributed by atoms with Crippen LogP contribution in [0.15, 0.2) is 69.6 Å². The molecule has 0 radical (unpaired) electrons. The van der Waals surface area contributed by atoms with Crippen LogP contribution in [0.3, 0.4) is 0 Å². The highest BCUT2D eigenvalue weighted by Crippen LogP contribution is 2.36. The van der Waals surface area contributed by atoms with Crippen LogP contribution < -0.4 is 14.9 Å². The number of para-hydroxylation sites is 1. The van der Waals surface area contributed by atoms with E-state index in [1.165, 1.54) is 28.0 Å². The van der Waals surface area contributed by atoms with Crippen LogP contribution in [0.1, 0.15) is 36.4 Å². The van der Waals surface area contributed by atoms with Gasteiger partial charge in [0, 0.05) is 23.1 Å². The largest absolute Gasteiger partial charge is 0.294 e. The molecule has 1 unspecified atom stereocenters. The summed E-state index contributed by atoms with van der Waals surface area (Å²) in [6, 6.07) is 12.7. The number of aromatic nitrogens is 1. The van der Waals surface area contributed by atoms with Crippen LogP contribution in [-0.4, -0.2) is 15.3 Å². The van der Waals surface area contributed by atoms with Crippen molar-refractivity contribution in [2.45, 2.75) is 25.3 Å². The zero-order valence-corrected chi connectivity index (χ0v) is 18.2. The van der Waals surface area contributed by atoms with E-state index in [0.29, 0.717) is 44.0 Å². The van der Waals surface area contributed by atoms with Crippen molar-refractivity contribution in [1.29, 1.82) is 0 Å². The number of nitro benzene ring substituents is 1. The third kappa shape index (κ3) is 3.41. The molecular weight excluding hydrogens is 450 g/mol. The molecule has 2 heterocycles. The number of thiazole rings is 1. The molecule has 0 spiro atoms. The number of nitrogens with zero attached hydrogens (tertiary/aromatic N) is 3. The maximum absolute atomic E-state index is 13.5. The Hall–Kier alpha value is -3.36. The standard InChI is InChI=1S/C23H16ClN3O4S/c24-15-10-8-13(9-11-15)21-20-16(5-3-7-18(20)28)25-23-26(21)22(29)19(32-23)12-14-4-1-2-6-17(14)27(30)31/h1-2,4,6,8-12,21H,3,5,7H2. The fourth-order valence-corrected chi connectivity index (χ4v) is 5.32. The highest BCUT2D eigenvalue weighted by atomic mass is 35.5. The van der Waals surface area contributed by atoms with Gasteiger partial charge in [0.25, 0.3) is 11.2 Å². The second-order valence-electron chi connectivity index (χ2n) is 7.59. The Morgan fingerprint density at radius 2 is 1.88 bits per heavy atom. The minimum absolute atomic E-state index is 0.0112. The summed E-state index contributed by atoms with van der Waals surface area (Å²) in [5.41, 5.74) is 1.94. The molecule has 1 atom stereocenters. The fourth-order valence-electron chi connectivity index (χ4n) is 4.19. The molecule has 32 heavy (non-hydrogen) atoms. The van der Waals surface area contributed by atoms with E-state index in [1.807, 2.05) is 12.1 Å². The van der Waals surface area contributed by atoms with Crippen LogP contribution in [0.2, 0.25) is 5.02 Å². The summed E-state index contributed by atoms with van der Waals surface area (Å²) in [4.78, 5) is 42.4. The lowest BCUT2D eigenvalue weighted by Crippen LogP contribution is -2.40. The van der Waals surface area contributed by atoms with Gasteiger partial charge in [-0.3, -0.25) is 24.3 Å². The first kappa shape index (κ1) is 20.5. The van der Waals surface area contributed by atoms with Crippen LogP contribution >= 0.6 is 22.9 Å². The Bertz CT molecular complexity index is 1480. The number of nitro groups is 1. The lowest BCUT2D eigenvalue weighted by Gasteiger charge is -2.28. The van der Waals surface area contributed by atoms with Gasteiger partial charge in [-0.2, -0.15) is 0 Å². The fraction of sp³-hybridized carbons (Fsp3) is 0.174. The topological polar surface area (TPSA) is 94.6 Å². The van der Waals surface area contributed by atoms with Crippen molar-refractivity contribution in [3.05, 3.63) is 106 Å². The van der Waals surface area contributed by atoms with Crippen molar-refractivity contribution in [2.24, 2.45) is 4.99 Å². The SMILES string of the molecule is O=C1CCCC2=C1C(c1ccc(Cl)cc1)n1c(sc(=Cc3ccccc3[N+](=O)[O-])c1=O)=N2. The quantitative estimate of drug-likeness (QED) is 0.436. The smallest absolute Gasteiger partial charge is 0.276 e. The van der Waals surface area contributed by atoms with E-state index in [9.17, 15) is 19.7 Å². The van der Waals surface area contributed by atoms with Crippen LogP contribution in [0.4, 0.5) is 5.69 Å². The summed E-state index contributed by atoms with van der Waals surface area (Å²) < 4.78 is 1.85. The Morgan fingerprint density at radius 1 is 1.12 bits per heavy atom. The molecule has 160 valence electrons. The molecule has 5 rings (SSSR count). The first-order chi connectivity index (χ1) is 15.4. The summed E-state index contributed by atoms with van der Waals surface area (Å²) in [5.74, 6) is -0.0112. The number of ketones is 1. The number of allylic oxidation sites excluding steroid dienone is 2. The van der Waals surface area contributed by atoms with Crippen molar-refractivity contribution >= 4 is 40.5 Å². The molecule has 0 amide bonds. The van der Waals surface area contributed by atoms with E-state index in [2.05, 4.69) is 4.99 Å². The third-order valence-corrected chi connectivity index (χ3v) is 6.87. The number of rotatable bonds is 3. The Morgan fingerprint density at radius 3 is 2.62 bits per heavy atom. The van der Waals surface area contributed by atoms with Crippen LogP contribution in [0.5, 0.6) is 0 Å². The number of Topliss-reactive ketones (excluding diaryl/α,β-unsaturated/α-hetero) is 1. The zero-order chi connectivity index (χ0) is 22.4. The first-order valence-electron chi connectivity index (χ1n) is 10.0. The van der Waals surface area contributed by atoms with Gasteiger partial charge in [-0.15, -0.1) is 0 Å². The molecule has 0 N–H and O–H groups in total. The van der Waals surface area contributed by atoms with Crippen molar-refractivity contribution < 1.29 is 9.72 Å². The Kier molecular flexibility index (Phi) is 5.11. The van der Waals surface area contributed by atoms with Crippen molar-refractivity contribution in [3.8, 4) is 0 Å². The first-order valence-corrected chi connectivity index (χ1v) is 11.2. The number of halogens is 1. The van der Waals surface area contributed by atoms with Crippen LogP contribution in [0, 0.1) is 10.1 Å². The highest BCUT2D eigenvalue weighted by Gasteiger charge is 2.35. The highest BCUT2D eigenvalue weighted by molar-refractivity contribution is 7.07. The maximum Gasteiger partial charge on any atom is 0.276 e. The number of hydrogen-bond acceptors (Lipinski definition) is 6. The van der Waals surface area contributed by atoms with Gasteiger partial charge in [0.15, 0.2) is 10.6 Å². The third-order valence-electron chi connectivity index (χ3n) is 5.63. The van der Waals surface area contributed by atoms with Gasteiger partial charge in [0.2, 0.25) is 0 Å². The van der Waals surface area contributed by atoms with Gasteiger partial charge in [0.05, 0.1) is 26.8 Å². The molecule has 0 fully saturated rings. The number of hydrogen-bond donors (Lipinski definition) is 0. The van der Waals surface area contributed by atoms with Crippen molar-refractivity contribution in [1.82, 2.24) is 4.57 Å². The van der Waals surface area contributed by atoms with Gasteiger partial charge in [-0.05, 0) is 42.7 Å². The number of carbonyl (C=O) groups excluding carboxylic acids is 1. The van der Waals surface area contributed by atoms with Gasteiger partial charge < -0.3 is 0 Å². The van der Waals surface area contributed by atoms with E-state index in [-0.39, 0.29) is 17.0 Å². The molecule has 0 saturated carbocycles. The molecule has 2 aliphatic rings. The van der Waals surface area contributed by atoms with Gasteiger partial charge >= 0.3 is 0 Å². The van der Waals surface area contributed by atoms with E-state index < -0.39 is 11.0 Å². The van der Waals surface area contributed by atoms with Gasteiger partial charge in [0.1, 0.15) is 0 Å².